The predicted molar refractivity (Wildman–Crippen MR) is 189 cm³/mol. The number of aliphatic hydroxyl groups excluding tert-OH is 1. The van der Waals surface area contributed by atoms with Gasteiger partial charge in [-0.2, -0.15) is 10.1 Å². The van der Waals surface area contributed by atoms with Crippen LogP contribution in [0.25, 0.3) is 11.1 Å². The van der Waals surface area contributed by atoms with Crippen LogP contribution in [0.2, 0.25) is 0 Å². The van der Waals surface area contributed by atoms with E-state index in [1.54, 1.807) is 0 Å². The minimum Gasteiger partial charge on any atom is -0.513 e. The van der Waals surface area contributed by atoms with E-state index >= 15 is 0 Å². The van der Waals surface area contributed by atoms with Gasteiger partial charge in [0.25, 0.3) is 11.8 Å². The number of fused-ring (bicyclic) bond motifs is 3. The number of carbonyl (C=O) groups excluding carboxylic acids is 2. The van der Waals surface area contributed by atoms with Crippen LogP contribution < -0.4 is 21.7 Å². The molecule has 256 valence electrons. The zero-order valence-electron chi connectivity index (χ0n) is 28.0. The lowest BCUT2D eigenvalue weighted by Crippen LogP contribution is -2.48. The van der Waals surface area contributed by atoms with Gasteiger partial charge in [-0.15, -0.1) is 0 Å². The highest BCUT2D eigenvalue weighted by Gasteiger charge is 2.38. The van der Waals surface area contributed by atoms with Crippen molar-refractivity contribution in [2.24, 2.45) is 22.4 Å². The summed E-state index contributed by atoms with van der Waals surface area (Å²) in [6.07, 6.45) is 8.86. The molecule has 3 fully saturated rings. The van der Waals surface area contributed by atoms with Crippen molar-refractivity contribution in [2.75, 3.05) is 43.4 Å². The number of anilines is 2. The van der Waals surface area contributed by atoms with Gasteiger partial charge in [0.05, 0.1) is 52.4 Å². The van der Waals surface area contributed by atoms with Gasteiger partial charge in [0.15, 0.2) is 0 Å². The molecule has 49 heavy (non-hydrogen) atoms. The first-order valence-electron chi connectivity index (χ1n) is 17.1. The largest absolute Gasteiger partial charge is 0.513 e. The van der Waals surface area contributed by atoms with Gasteiger partial charge in [0.1, 0.15) is 17.8 Å². The van der Waals surface area contributed by atoms with Crippen molar-refractivity contribution < 1.29 is 14.7 Å². The first-order chi connectivity index (χ1) is 23.7. The number of rotatable bonds is 10. The molecule has 6 N–H and O–H groups in total. The Morgan fingerprint density at radius 2 is 1.84 bits per heavy atom. The molecule has 1 saturated carbocycles. The molecule has 4 aliphatic rings. The Bertz CT molecular complexity index is 1850. The van der Waals surface area contributed by atoms with Gasteiger partial charge >= 0.3 is 0 Å². The number of aliphatic imine (C=N–C) groups is 1. The summed E-state index contributed by atoms with van der Waals surface area (Å²) < 4.78 is 2.19. The molecule has 13 heteroatoms. The van der Waals surface area contributed by atoms with Gasteiger partial charge < -0.3 is 31.7 Å². The maximum Gasteiger partial charge on any atom is 0.272 e. The maximum atomic E-state index is 12.9. The number of nitrogens with two attached hydrogens (primary N) is 2. The second kappa shape index (κ2) is 13.4. The number of aliphatic hydroxyl groups is 1. The van der Waals surface area contributed by atoms with Gasteiger partial charge in [0.2, 0.25) is 0 Å². The van der Waals surface area contributed by atoms with Crippen LogP contribution in [0.15, 0.2) is 71.3 Å². The fourth-order valence-electron chi connectivity index (χ4n) is 7.21. The lowest BCUT2D eigenvalue weighted by Gasteiger charge is -2.43. The van der Waals surface area contributed by atoms with E-state index in [9.17, 15) is 14.7 Å². The number of hydrogen-bond acceptors (Lipinski definition) is 9. The first kappa shape index (κ1) is 32.4. The number of para-hydroxylation sites is 1. The fourth-order valence-corrected chi connectivity index (χ4v) is 7.21. The highest BCUT2D eigenvalue weighted by molar-refractivity contribution is 6.02. The summed E-state index contributed by atoms with van der Waals surface area (Å²) in [6, 6.07) is 12.0. The third-order valence-corrected chi connectivity index (χ3v) is 9.95. The zero-order valence-corrected chi connectivity index (χ0v) is 28.0. The average molecular weight is 665 g/mol. The van der Waals surface area contributed by atoms with Crippen LogP contribution in [-0.2, 0) is 11.3 Å². The number of amides is 2. The number of benzene rings is 1. The van der Waals surface area contributed by atoms with Crippen molar-refractivity contribution >= 4 is 29.0 Å². The maximum absolute atomic E-state index is 12.9. The number of nitrogens with one attached hydrogen (secondary N) is 1. The summed E-state index contributed by atoms with van der Waals surface area (Å²) in [5, 5.41) is 18.1. The molecule has 5 heterocycles. The van der Waals surface area contributed by atoms with Crippen molar-refractivity contribution in [2.45, 2.75) is 57.7 Å². The topological polar surface area (TPSA) is 171 Å². The molecule has 1 aliphatic carbocycles. The molecule has 1 atom stereocenters. The Labute approximate surface area is 286 Å². The van der Waals surface area contributed by atoms with Crippen molar-refractivity contribution in [3.8, 4) is 11.1 Å². The molecule has 0 bridgehead atoms. The van der Waals surface area contributed by atoms with Crippen molar-refractivity contribution in [3.63, 3.8) is 0 Å². The Morgan fingerprint density at radius 3 is 2.55 bits per heavy atom. The molecule has 7 rings (SSSR count). The molecule has 2 saturated heterocycles. The smallest absolute Gasteiger partial charge is 0.272 e. The number of aromatic nitrogens is 3. The SMILES string of the molecule is CCC1c2c(cnn2C2CN(Cc3cccc(C(=O)N4CCCC4)n3)C2)-c2cccc(NC(=C/C(N)=NC(=O)C3CC3)/C(N)=C\O)c2N1C. The lowest BCUT2D eigenvalue weighted by atomic mass is 9.91. The van der Waals surface area contributed by atoms with Crippen molar-refractivity contribution in [3.05, 3.63) is 83.4 Å². The normalized spacial score (nSPS) is 20.2. The molecule has 3 aromatic rings. The highest BCUT2D eigenvalue weighted by Crippen LogP contribution is 2.49. The summed E-state index contributed by atoms with van der Waals surface area (Å²) in [5.74, 6) is -0.252. The minimum absolute atomic E-state index is 0.0194. The van der Waals surface area contributed by atoms with Crippen molar-refractivity contribution in [1.29, 1.82) is 0 Å². The van der Waals surface area contributed by atoms with Gasteiger partial charge in [-0.3, -0.25) is 19.2 Å². The number of nitrogens with zero attached hydrogens (tertiary/aromatic N) is 7. The second-order valence-electron chi connectivity index (χ2n) is 13.4. The van der Waals surface area contributed by atoms with Crippen LogP contribution in [0.5, 0.6) is 0 Å². The first-order valence-corrected chi connectivity index (χ1v) is 17.1. The van der Waals surface area contributed by atoms with Gasteiger partial charge in [0, 0.05) is 62.9 Å². The number of carbonyl (C=O) groups is 2. The molecule has 2 amide bonds. The summed E-state index contributed by atoms with van der Waals surface area (Å²) in [5.41, 5.74) is 19.1. The fraction of sp³-hybridized carbons (Fsp3) is 0.417. The summed E-state index contributed by atoms with van der Waals surface area (Å²) in [7, 11) is 2.08. The Kier molecular flexibility index (Phi) is 8.84. The number of hydrogen-bond donors (Lipinski definition) is 4. The monoisotopic (exact) mass is 664 g/mol. The van der Waals surface area contributed by atoms with Crippen LogP contribution in [0.1, 0.15) is 73.0 Å². The molecular formula is C36H44N10O3. The van der Waals surface area contributed by atoms with Crippen LogP contribution in [0.4, 0.5) is 11.4 Å². The summed E-state index contributed by atoms with van der Waals surface area (Å²) in [6.45, 7) is 6.14. The molecule has 13 nitrogen and oxygen atoms in total. The van der Waals surface area contributed by atoms with E-state index in [1.807, 2.05) is 41.4 Å². The third kappa shape index (κ3) is 6.38. The quantitative estimate of drug-likeness (QED) is 0.107. The standard InChI is InChI=1S/C36H44N10O3/c1-3-31-34-26(17-39-46(34)24-19-44(20-24)18-23-8-6-11-29(40-23)36(49)45-14-4-5-15-45)25-9-7-10-28(33(25)43(31)2)41-30(27(37)21-47)16-32(38)42-35(48)22-12-13-22/h6-11,16-17,21-22,24,31,41,47H,3-5,12-15,18-20,37H2,1-2H3,(H2,38,42,48)/b27-21+,30-16+. The van der Waals surface area contributed by atoms with E-state index in [-0.39, 0.29) is 41.3 Å². The predicted octanol–water partition coefficient (Wildman–Crippen LogP) is 4.09. The molecule has 1 aromatic carbocycles. The van der Waals surface area contributed by atoms with Crippen LogP contribution >= 0.6 is 0 Å². The van der Waals surface area contributed by atoms with E-state index in [2.05, 4.69) is 44.8 Å². The van der Waals surface area contributed by atoms with Gasteiger partial charge in [-0.25, -0.2) is 4.98 Å². The van der Waals surface area contributed by atoms with E-state index in [0.717, 1.165) is 92.7 Å². The molecule has 0 spiro atoms. The van der Waals surface area contributed by atoms with E-state index in [1.165, 1.54) is 11.8 Å². The van der Waals surface area contributed by atoms with Crippen LogP contribution in [0.3, 0.4) is 0 Å². The van der Waals surface area contributed by atoms with E-state index < -0.39 is 0 Å². The summed E-state index contributed by atoms with van der Waals surface area (Å²) in [4.78, 5) is 40.3. The lowest BCUT2D eigenvalue weighted by molar-refractivity contribution is -0.118. The Hall–Kier alpha value is -5.17. The molecule has 3 aliphatic heterocycles. The average Bonchev–Trinajstić information content (AvgIpc) is 3.63. The van der Waals surface area contributed by atoms with Crippen molar-refractivity contribution in [1.82, 2.24) is 24.6 Å². The zero-order chi connectivity index (χ0) is 34.2. The van der Waals surface area contributed by atoms with Crippen LogP contribution in [-0.4, -0.2) is 80.5 Å². The van der Waals surface area contributed by atoms with E-state index in [4.69, 9.17) is 21.5 Å². The Morgan fingerprint density at radius 1 is 1.08 bits per heavy atom. The molecular weight excluding hydrogens is 620 g/mol. The molecule has 1 unspecified atom stereocenters. The Balaban J connectivity index is 1.10. The van der Waals surface area contributed by atoms with Gasteiger partial charge in [-0.05, 0) is 50.3 Å². The van der Waals surface area contributed by atoms with Crippen LogP contribution in [0, 0.1) is 5.92 Å². The number of pyridine rings is 1. The molecule has 0 radical (unpaired) electrons. The number of amidine groups is 1. The minimum atomic E-state index is -0.239. The molecule has 2 aromatic heterocycles. The number of likely N-dealkylation sites (tertiary alicyclic amines) is 2. The van der Waals surface area contributed by atoms with E-state index in [0.29, 0.717) is 17.9 Å². The second-order valence-corrected chi connectivity index (χ2v) is 13.4. The third-order valence-electron chi connectivity index (χ3n) is 9.95. The highest BCUT2D eigenvalue weighted by atomic mass is 16.2. The summed E-state index contributed by atoms with van der Waals surface area (Å²) >= 11 is 0. The van der Waals surface area contributed by atoms with Gasteiger partial charge in [-0.1, -0.05) is 25.1 Å².